The predicted octanol–water partition coefficient (Wildman–Crippen LogP) is 3.80. The van der Waals surface area contributed by atoms with Crippen molar-refractivity contribution in [1.29, 1.82) is 0 Å². The van der Waals surface area contributed by atoms with Gasteiger partial charge in [0.05, 0.1) is 23.7 Å². The number of para-hydroxylation sites is 1. The van der Waals surface area contributed by atoms with Gasteiger partial charge in [-0.25, -0.2) is 4.39 Å². The van der Waals surface area contributed by atoms with E-state index in [1.807, 2.05) is 6.07 Å². The first-order valence-electron chi connectivity index (χ1n) is 9.48. The van der Waals surface area contributed by atoms with Crippen LogP contribution in [0.2, 0.25) is 0 Å². The summed E-state index contributed by atoms with van der Waals surface area (Å²) in [6.07, 6.45) is 0.870. The second-order valence-electron chi connectivity index (χ2n) is 7.05. The summed E-state index contributed by atoms with van der Waals surface area (Å²) in [6, 6.07) is 14.6. The summed E-state index contributed by atoms with van der Waals surface area (Å²) in [5.41, 5.74) is 3.07. The lowest BCUT2D eigenvalue weighted by Crippen LogP contribution is -2.29. The van der Waals surface area contributed by atoms with Crippen molar-refractivity contribution >= 4 is 27.3 Å². The predicted molar refractivity (Wildman–Crippen MR) is 114 cm³/mol. The van der Waals surface area contributed by atoms with Crippen LogP contribution < -0.4 is 16.4 Å². The minimum Gasteiger partial charge on any atom is -0.371 e. The van der Waals surface area contributed by atoms with Gasteiger partial charge in [-0.3, -0.25) is 9.63 Å². The largest absolute Gasteiger partial charge is 0.371 e. The fourth-order valence-electron chi connectivity index (χ4n) is 2.85. The molecular formula is C21H20BrFN4O3. The summed E-state index contributed by atoms with van der Waals surface area (Å²) >= 11 is 3.21. The molecule has 0 saturated heterocycles. The second-order valence-corrected chi connectivity index (χ2v) is 7.97. The molecule has 1 aromatic heterocycles. The van der Waals surface area contributed by atoms with E-state index >= 15 is 0 Å². The van der Waals surface area contributed by atoms with Gasteiger partial charge in [-0.2, -0.15) is 15.3 Å². The number of anilines is 2. The molecule has 0 aliphatic heterocycles. The molecule has 1 heterocycles. The van der Waals surface area contributed by atoms with Crippen LogP contribution in [-0.2, 0) is 4.84 Å². The van der Waals surface area contributed by atoms with Crippen molar-refractivity contribution in [2.24, 2.45) is 5.92 Å². The molecule has 1 aliphatic carbocycles. The van der Waals surface area contributed by atoms with Gasteiger partial charge in [0, 0.05) is 10.5 Å². The number of hydrogen-bond acceptors (Lipinski definition) is 6. The van der Waals surface area contributed by atoms with Crippen molar-refractivity contribution in [2.75, 3.05) is 11.9 Å². The Labute approximate surface area is 180 Å². The molecule has 0 radical (unpaired) electrons. The van der Waals surface area contributed by atoms with Crippen LogP contribution in [0.5, 0.6) is 0 Å². The molecule has 3 aromatic rings. The molecule has 0 spiro atoms. The quantitative estimate of drug-likeness (QED) is 0.340. The van der Waals surface area contributed by atoms with Crippen LogP contribution in [0.3, 0.4) is 0 Å². The van der Waals surface area contributed by atoms with Crippen LogP contribution in [0.4, 0.5) is 15.8 Å². The highest BCUT2D eigenvalue weighted by atomic mass is 79.9. The highest BCUT2D eigenvalue weighted by Crippen LogP contribution is 2.29. The van der Waals surface area contributed by atoms with Crippen LogP contribution in [0.25, 0.3) is 5.69 Å². The molecule has 1 fully saturated rings. The fraction of sp³-hybridized carbons (Fsp3) is 0.238. The molecule has 156 valence electrons. The number of aliphatic hydroxyl groups is 1. The Morgan fingerprint density at radius 3 is 2.67 bits per heavy atom. The summed E-state index contributed by atoms with van der Waals surface area (Å²) in [5.74, 6) is -0.0274. The van der Waals surface area contributed by atoms with E-state index in [9.17, 15) is 14.3 Å². The Kier molecular flexibility index (Phi) is 6.24. The molecule has 0 bridgehead atoms. The molecule has 3 N–H and O–H groups in total. The average Bonchev–Trinajstić information content (AvgIpc) is 3.55. The van der Waals surface area contributed by atoms with Gasteiger partial charge in [-0.05, 0) is 49.1 Å². The zero-order valence-corrected chi connectivity index (χ0v) is 17.5. The molecule has 2 aromatic carbocycles. The minimum absolute atomic E-state index is 0.0940. The van der Waals surface area contributed by atoms with Gasteiger partial charge in [0.15, 0.2) is 6.23 Å². The Morgan fingerprint density at radius 1 is 1.20 bits per heavy atom. The zero-order valence-electron chi connectivity index (χ0n) is 15.9. The minimum atomic E-state index is -1.33. The number of rotatable bonds is 8. The van der Waals surface area contributed by atoms with Crippen LogP contribution in [-0.4, -0.2) is 21.5 Å². The van der Waals surface area contributed by atoms with Crippen molar-refractivity contribution in [3.8, 4) is 5.69 Å². The number of aromatic nitrogens is 2. The third-order valence-corrected chi connectivity index (χ3v) is 5.12. The topological polar surface area (TPSA) is 88.4 Å². The monoisotopic (exact) mass is 474 g/mol. The number of aliphatic hydroxyl groups excluding tert-OH is 1. The number of hydrogen-bond donors (Lipinski definition) is 3. The first-order valence-corrected chi connectivity index (χ1v) is 10.3. The Bertz CT molecular complexity index is 1090. The fourth-order valence-corrected chi connectivity index (χ4v) is 3.18. The van der Waals surface area contributed by atoms with Crippen molar-refractivity contribution < 1.29 is 14.3 Å². The van der Waals surface area contributed by atoms with E-state index in [1.165, 1.54) is 22.9 Å². The first kappa shape index (κ1) is 20.7. The summed E-state index contributed by atoms with van der Waals surface area (Å²) in [5, 5.41) is 17.8. The van der Waals surface area contributed by atoms with Gasteiger partial charge in [0.25, 0.3) is 5.56 Å². The first-order chi connectivity index (χ1) is 14.5. The van der Waals surface area contributed by atoms with Crippen molar-refractivity contribution in [3.05, 3.63) is 80.9 Å². The molecule has 1 aliphatic rings. The lowest BCUT2D eigenvalue weighted by molar-refractivity contribution is -0.0640. The summed E-state index contributed by atoms with van der Waals surface area (Å²) in [6.45, 7) is 0.472. The van der Waals surface area contributed by atoms with Gasteiger partial charge in [-0.15, -0.1) is 0 Å². The number of benzene rings is 2. The smallest absolute Gasteiger partial charge is 0.273 e. The lowest BCUT2D eigenvalue weighted by Gasteiger charge is -2.18. The van der Waals surface area contributed by atoms with E-state index in [4.69, 9.17) is 4.84 Å². The molecule has 9 heteroatoms. The maximum absolute atomic E-state index is 14.3. The number of nitrogens with one attached hydrogen (secondary N) is 2. The van der Waals surface area contributed by atoms with E-state index in [0.717, 1.165) is 12.8 Å². The third-order valence-electron chi connectivity index (χ3n) is 4.63. The van der Waals surface area contributed by atoms with Gasteiger partial charge in [-0.1, -0.05) is 34.1 Å². The highest BCUT2D eigenvalue weighted by molar-refractivity contribution is 9.10. The number of nitrogens with zero attached hydrogens (tertiary/aromatic N) is 2. The van der Waals surface area contributed by atoms with Gasteiger partial charge in [0.2, 0.25) is 0 Å². The molecule has 4 rings (SSSR count). The molecule has 7 nitrogen and oxygen atoms in total. The van der Waals surface area contributed by atoms with Crippen molar-refractivity contribution in [2.45, 2.75) is 19.1 Å². The highest BCUT2D eigenvalue weighted by Gasteiger charge is 2.23. The van der Waals surface area contributed by atoms with Crippen LogP contribution in [0.15, 0.2) is 63.9 Å². The van der Waals surface area contributed by atoms with Gasteiger partial charge in [0.1, 0.15) is 11.5 Å². The lowest BCUT2D eigenvalue weighted by atomic mass is 10.2. The van der Waals surface area contributed by atoms with E-state index < -0.39 is 17.6 Å². The van der Waals surface area contributed by atoms with E-state index in [0.29, 0.717) is 22.7 Å². The molecule has 1 atom stereocenters. The maximum Gasteiger partial charge on any atom is 0.273 e. The number of halogens is 2. The standard InChI is InChI=1S/C21H20BrFN4O3/c22-14-8-9-17(16(23)10-14)24-18-11-19(28)27(15-4-2-1-3-5-15)25-20(18)21(29)26-30-12-13-6-7-13/h1-5,8-11,13,21,24,26,29H,6-7,12H2. The molecular weight excluding hydrogens is 455 g/mol. The Balaban J connectivity index is 1.69. The summed E-state index contributed by atoms with van der Waals surface area (Å²) < 4.78 is 16.1. The van der Waals surface area contributed by atoms with Gasteiger partial charge < -0.3 is 10.4 Å². The normalized spacial score (nSPS) is 14.5. The van der Waals surface area contributed by atoms with Crippen LogP contribution in [0.1, 0.15) is 24.8 Å². The molecule has 1 saturated carbocycles. The van der Waals surface area contributed by atoms with E-state index in [-0.39, 0.29) is 17.1 Å². The average molecular weight is 475 g/mol. The van der Waals surface area contributed by atoms with Crippen LogP contribution >= 0.6 is 15.9 Å². The zero-order chi connectivity index (χ0) is 21.1. The number of hydroxylamine groups is 1. The molecule has 30 heavy (non-hydrogen) atoms. The second kappa shape index (κ2) is 9.05. The Hall–Kier alpha value is -2.59. The molecule has 1 unspecified atom stereocenters. The van der Waals surface area contributed by atoms with E-state index in [1.54, 1.807) is 30.3 Å². The third kappa shape index (κ3) is 4.93. The van der Waals surface area contributed by atoms with Crippen molar-refractivity contribution in [1.82, 2.24) is 15.3 Å². The Morgan fingerprint density at radius 2 is 1.97 bits per heavy atom. The van der Waals surface area contributed by atoms with Crippen LogP contribution in [0, 0.1) is 11.7 Å². The summed E-state index contributed by atoms with van der Waals surface area (Å²) in [7, 11) is 0. The van der Waals surface area contributed by atoms with Gasteiger partial charge >= 0.3 is 0 Å². The molecule has 0 amide bonds. The maximum atomic E-state index is 14.3. The summed E-state index contributed by atoms with van der Waals surface area (Å²) in [4.78, 5) is 18.0. The van der Waals surface area contributed by atoms with E-state index in [2.05, 4.69) is 31.8 Å². The van der Waals surface area contributed by atoms with Crippen molar-refractivity contribution in [3.63, 3.8) is 0 Å². The SMILES string of the molecule is O=c1cc(Nc2ccc(Br)cc2F)c(C(O)NOCC2CC2)nn1-c1ccccc1.